The first-order valence-corrected chi connectivity index (χ1v) is 13.9. The van der Waals surface area contributed by atoms with Crippen LogP contribution >= 0.6 is 0 Å². The third kappa shape index (κ3) is 6.78. The number of amidine groups is 1. The van der Waals surface area contributed by atoms with Crippen molar-refractivity contribution in [1.82, 2.24) is 0 Å². The molecule has 41 heavy (non-hydrogen) atoms. The van der Waals surface area contributed by atoms with Crippen LogP contribution in [0.5, 0.6) is 0 Å². The third-order valence-electron chi connectivity index (χ3n) is 6.97. The molecule has 0 saturated heterocycles. The zero-order valence-electron chi connectivity index (χ0n) is 22.7. The van der Waals surface area contributed by atoms with Crippen LogP contribution in [-0.4, -0.2) is 12.4 Å². The molecule has 0 aliphatic heterocycles. The number of aliphatic imine (C=N–C) groups is 1. The molecular weight excluding hydrogens is 498 g/mol. The summed E-state index contributed by atoms with van der Waals surface area (Å²) in [5, 5.41) is 7.09. The van der Waals surface area contributed by atoms with Crippen LogP contribution in [0.2, 0.25) is 0 Å². The number of rotatable bonds is 8. The van der Waals surface area contributed by atoms with Gasteiger partial charge in [0, 0.05) is 11.4 Å². The second-order valence-corrected chi connectivity index (χ2v) is 9.84. The largest absolute Gasteiger partial charge is 0.378 e. The zero-order chi connectivity index (χ0) is 27.7. The lowest BCUT2D eigenvalue weighted by molar-refractivity contribution is 1.34. The fraction of sp³-hybridized carbons (Fsp3) is 0.0263. The van der Waals surface area contributed by atoms with Crippen LogP contribution in [0.4, 0.5) is 17.1 Å². The highest BCUT2D eigenvalue weighted by molar-refractivity contribution is 6.00. The Kier molecular flexibility index (Phi) is 7.96. The molecule has 0 unspecified atom stereocenters. The van der Waals surface area contributed by atoms with Crippen LogP contribution in [-0.2, 0) is 0 Å². The van der Waals surface area contributed by atoms with Gasteiger partial charge in [0.1, 0.15) is 5.84 Å². The number of nitrogens with one attached hydrogen (secondary N) is 2. The second kappa shape index (κ2) is 12.6. The lowest BCUT2D eigenvalue weighted by atomic mass is 10.1. The molecule has 0 radical (unpaired) electrons. The maximum atomic E-state index is 4.99. The topological polar surface area (TPSA) is 36.4 Å². The van der Waals surface area contributed by atoms with E-state index in [0.717, 1.165) is 22.9 Å². The van der Waals surface area contributed by atoms with E-state index < -0.39 is 0 Å². The van der Waals surface area contributed by atoms with Gasteiger partial charge in [-0.3, -0.25) is 0 Å². The van der Waals surface area contributed by atoms with Gasteiger partial charge in [-0.05, 0) is 69.8 Å². The molecule has 3 heteroatoms. The Labute approximate surface area is 241 Å². The summed E-state index contributed by atoms with van der Waals surface area (Å²) < 4.78 is 0. The first kappa shape index (κ1) is 25.8. The highest BCUT2D eigenvalue weighted by Crippen LogP contribution is 2.25. The van der Waals surface area contributed by atoms with Gasteiger partial charge in [-0.1, -0.05) is 127 Å². The van der Waals surface area contributed by atoms with Gasteiger partial charge in [0.25, 0.3) is 0 Å². The molecule has 3 nitrogen and oxygen atoms in total. The van der Waals surface area contributed by atoms with Gasteiger partial charge in [0.2, 0.25) is 0 Å². The first-order chi connectivity index (χ1) is 20.3. The molecule has 0 aromatic heterocycles. The van der Waals surface area contributed by atoms with Crippen molar-refractivity contribution in [2.75, 3.05) is 17.2 Å². The van der Waals surface area contributed by atoms with Gasteiger partial charge < -0.3 is 10.6 Å². The third-order valence-corrected chi connectivity index (χ3v) is 6.97. The fourth-order valence-corrected chi connectivity index (χ4v) is 4.77. The van der Waals surface area contributed by atoms with Crippen LogP contribution in [0.15, 0.2) is 169 Å². The maximum Gasteiger partial charge on any atom is 0.126 e. The van der Waals surface area contributed by atoms with Crippen molar-refractivity contribution in [2.45, 2.75) is 0 Å². The Bertz CT molecular complexity index is 1690. The molecular formula is C38H31N3. The van der Waals surface area contributed by atoms with Crippen LogP contribution in [0, 0.1) is 0 Å². The average molecular weight is 530 g/mol. The van der Waals surface area contributed by atoms with Crippen LogP contribution in [0.1, 0.15) is 0 Å². The van der Waals surface area contributed by atoms with E-state index in [1.807, 2.05) is 18.2 Å². The van der Waals surface area contributed by atoms with E-state index in [4.69, 9.17) is 4.99 Å². The quantitative estimate of drug-likeness (QED) is 0.152. The van der Waals surface area contributed by atoms with Gasteiger partial charge in [-0.2, -0.15) is 0 Å². The molecule has 6 aromatic carbocycles. The van der Waals surface area contributed by atoms with Crippen molar-refractivity contribution in [2.24, 2.45) is 4.99 Å². The number of anilines is 2. The molecule has 6 rings (SSSR count). The minimum Gasteiger partial charge on any atom is -0.378 e. The normalized spacial score (nSPS) is 11.2. The first-order valence-electron chi connectivity index (χ1n) is 13.9. The SMILES string of the molecule is c1ccc(-c2ccc(N=C(CNc3ccc(-c4ccccc4)cc3)Nc3ccc(-c4ccccc4)cc3)cc2)cc1. The number of hydrogen-bond donors (Lipinski definition) is 2. The summed E-state index contributed by atoms with van der Waals surface area (Å²) in [7, 11) is 0. The van der Waals surface area contributed by atoms with Crippen molar-refractivity contribution >= 4 is 22.9 Å². The predicted molar refractivity (Wildman–Crippen MR) is 175 cm³/mol. The van der Waals surface area contributed by atoms with Crippen LogP contribution in [0.25, 0.3) is 33.4 Å². The standard InChI is InChI=1S/C38H31N3/c1-4-10-29(11-5-1)32-16-22-35(23-17-32)39-28-38(40-36-24-18-33(19-25-36)30-12-6-2-7-13-30)41-37-26-20-34(21-27-37)31-14-8-3-9-15-31/h1-27,39H,28H2,(H,40,41). The Balaban J connectivity index is 1.21. The summed E-state index contributed by atoms with van der Waals surface area (Å²) in [6.45, 7) is 0.547. The molecule has 2 N–H and O–H groups in total. The second-order valence-electron chi connectivity index (χ2n) is 9.84. The van der Waals surface area contributed by atoms with E-state index in [9.17, 15) is 0 Å². The summed E-state index contributed by atoms with van der Waals surface area (Å²) in [5.74, 6) is 0.831. The van der Waals surface area contributed by atoms with Gasteiger partial charge in [-0.15, -0.1) is 0 Å². The van der Waals surface area contributed by atoms with Crippen molar-refractivity contribution in [1.29, 1.82) is 0 Å². The van der Waals surface area contributed by atoms with Crippen LogP contribution < -0.4 is 10.6 Å². The van der Waals surface area contributed by atoms with E-state index in [-0.39, 0.29) is 0 Å². The highest BCUT2D eigenvalue weighted by atomic mass is 15.0. The number of nitrogens with zero attached hydrogens (tertiary/aromatic N) is 1. The Morgan fingerprint density at radius 1 is 0.390 bits per heavy atom. The predicted octanol–water partition coefficient (Wildman–Crippen LogP) is 9.94. The molecule has 0 fully saturated rings. The highest BCUT2D eigenvalue weighted by Gasteiger charge is 2.05. The summed E-state index contributed by atoms with van der Waals surface area (Å²) in [5.41, 5.74) is 10.1. The van der Waals surface area contributed by atoms with E-state index in [0.29, 0.717) is 6.54 Å². The van der Waals surface area contributed by atoms with E-state index in [1.54, 1.807) is 0 Å². The summed E-state index contributed by atoms with van der Waals surface area (Å²) in [6.07, 6.45) is 0. The Hall–Kier alpha value is -5.41. The fourth-order valence-electron chi connectivity index (χ4n) is 4.77. The van der Waals surface area contributed by atoms with Gasteiger partial charge in [0.05, 0.1) is 12.2 Å². The molecule has 0 heterocycles. The Morgan fingerprint density at radius 3 is 1.20 bits per heavy atom. The van der Waals surface area contributed by atoms with Crippen LogP contribution in [0.3, 0.4) is 0 Å². The van der Waals surface area contributed by atoms with Crippen molar-refractivity contribution < 1.29 is 0 Å². The summed E-state index contributed by atoms with van der Waals surface area (Å²) >= 11 is 0. The van der Waals surface area contributed by atoms with E-state index in [2.05, 4.69) is 156 Å². The smallest absolute Gasteiger partial charge is 0.126 e. The van der Waals surface area contributed by atoms with Crippen molar-refractivity contribution in [3.05, 3.63) is 164 Å². The molecule has 0 amide bonds. The Morgan fingerprint density at radius 2 is 0.756 bits per heavy atom. The monoisotopic (exact) mass is 529 g/mol. The lowest BCUT2D eigenvalue weighted by Crippen LogP contribution is -2.22. The van der Waals surface area contributed by atoms with E-state index in [1.165, 1.54) is 33.4 Å². The van der Waals surface area contributed by atoms with E-state index >= 15 is 0 Å². The molecule has 0 atom stereocenters. The molecule has 0 aliphatic carbocycles. The zero-order valence-corrected chi connectivity index (χ0v) is 22.7. The summed E-state index contributed by atoms with van der Waals surface area (Å²) in [4.78, 5) is 4.99. The van der Waals surface area contributed by atoms with Crippen molar-refractivity contribution in [3.63, 3.8) is 0 Å². The average Bonchev–Trinajstić information content (AvgIpc) is 3.06. The van der Waals surface area contributed by atoms with Gasteiger partial charge >= 0.3 is 0 Å². The lowest BCUT2D eigenvalue weighted by Gasteiger charge is -2.14. The summed E-state index contributed by atoms with van der Waals surface area (Å²) in [6, 6.07) is 56.6. The molecule has 0 saturated carbocycles. The minimum absolute atomic E-state index is 0.547. The minimum atomic E-state index is 0.547. The van der Waals surface area contributed by atoms with Gasteiger partial charge in [-0.25, -0.2) is 4.99 Å². The number of hydrogen-bond acceptors (Lipinski definition) is 2. The molecule has 0 bridgehead atoms. The molecule has 6 aromatic rings. The van der Waals surface area contributed by atoms with Crippen molar-refractivity contribution in [3.8, 4) is 33.4 Å². The van der Waals surface area contributed by atoms with Gasteiger partial charge in [0.15, 0.2) is 0 Å². The molecule has 198 valence electrons. The molecule has 0 spiro atoms. The number of benzene rings is 6. The molecule has 0 aliphatic rings. The maximum absolute atomic E-state index is 4.99.